The van der Waals surface area contributed by atoms with Crippen LogP contribution in [0.2, 0.25) is 0 Å². The van der Waals surface area contributed by atoms with Crippen LogP contribution < -0.4 is 10.8 Å². The summed E-state index contributed by atoms with van der Waals surface area (Å²) >= 11 is 0. The summed E-state index contributed by atoms with van der Waals surface area (Å²) in [5.41, 5.74) is 2.41. The van der Waals surface area contributed by atoms with Gasteiger partial charge < -0.3 is 5.32 Å². The minimum Gasteiger partial charge on any atom is -0.322 e. The molecule has 0 saturated heterocycles. The number of hydroxylamine groups is 1. The Morgan fingerprint density at radius 2 is 1.79 bits per heavy atom. The smallest absolute Gasteiger partial charge is 0.293 e. The fourth-order valence-electron chi connectivity index (χ4n) is 1.48. The van der Waals surface area contributed by atoms with Gasteiger partial charge in [0.1, 0.15) is 5.69 Å². The van der Waals surface area contributed by atoms with Crippen molar-refractivity contribution in [2.75, 3.05) is 5.32 Å². The molecule has 0 aliphatic carbocycles. The highest BCUT2D eigenvalue weighted by molar-refractivity contribution is 6.04. The van der Waals surface area contributed by atoms with Crippen LogP contribution in [0.3, 0.4) is 0 Å². The number of anilines is 1. The van der Waals surface area contributed by atoms with Crippen LogP contribution in [0, 0.1) is 0 Å². The maximum absolute atomic E-state index is 11.9. The highest BCUT2D eigenvalue weighted by Gasteiger charge is 2.09. The number of hydrogen-bond donors (Lipinski definition) is 3. The number of nitrogens with one attached hydrogen (secondary N) is 2. The van der Waals surface area contributed by atoms with Crippen molar-refractivity contribution in [3.63, 3.8) is 0 Å². The van der Waals surface area contributed by atoms with Crippen molar-refractivity contribution < 1.29 is 14.8 Å². The molecular formula is C13H11N3O3. The Morgan fingerprint density at radius 3 is 2.47 bits per heavy atom. The Hall–Kier alpha value is -2.73. The molecule has 0 bridgehead atoms. The highest BCUT2D eigenvalue weighted by Crippen LogP contribution is 2.10. The average Bonchev–Trinajstić information content (AvgIpc) is 2.47. The van der Waals surface area contributed by atoms with Crippen LogP contribution in [0.15, 0.2) is 48.7 Å². The van der Waals surface area contributed by atoms with Gasteiger partial charge >= 0.3 is 0 Å². The molecule has 0 aliphatic heterocycles. The van der Waals surface area contributed by atoms with Crippen molar-refractivity contribution in [1.29, 1.82) is 0 Å². The second kappa shape index (κ2) is 5.74. The van der Waals surface area contributed by atoms with Gasteiger partial charge in [0.25, 0.3) is 11.8 Å². The van der Waals surface area contributed by atoms with Crippen LogP contribution in [0.1, 0.15) is 20.8 Å². The molecule has 1 heterocycles. The lowest BCUT2D eigenvalue weighted by Crippen LogP contribution is -2.20. The molecule has 2 aromatic rings. The number of carbonyl (C=O) groups is 2. The van der Waals surface area contributed by atoms with Crippen molar-refractivity contribution in [1.82, 2.24) is 10.5 Å². The third kappa shape index (κ3) is 3.14. The average molecular weight is 257 g/mol. The molecule has 2 rings (SSSR count). The standard InChI is InChI=1S/C13H11N3O3/c17-12(9-4-2-1-3-5-9)15-10-6-7-14-11(8-10)13(18)16-19/h1-8,19H,(H,16,18)(H,14,15,17). The fraction of sp³-hybridized carbons (Fsp3) is 0. The van der Waals surface area contributed by atoms with Gasteiger partial charge in [-0.15, -0.1) is 0 Å². The van der Waals surface area contributed by atoms with E-state index in [4.69, 9.17) is 5.21 Å². The Kier molecular flexibility index (Phi) is 3.84. The van der Waals surface area contributed by atoms with Gasteiger partial charge in [0, 0.05) is 17.4 Å². The zero-order valence-electron chi connectivity index (χ0n) is 9.83. The van der Waals surface area contributed by atoms with Gasteiger partial charge in [-0.1, -0.05) is 18.2 Å². The summed E-state index contributed by atoms with van der Waals surface area (Å²) in [6, 6.07) is 11.6. The quantitative estimate of drug-likeness (QED) is 0.573. The van der Waals surface area contributed by atoms with Crippen LogP contribution in [0.25, 0.3) is 0 Å². The molecule has 19 heavy (non-hydrogen) atoms. The number of hydrogen-bond acceptors (Lipinski definition) is 4. The topological polar surface area (TPSA) is 91.3 Å². The number of amides is 2. The summed E-state index contributed by atoms with van der Waals surface area (Å²) in [5.74, 6) is -1.03. The van der Waals surface area contributed by atoms with Crippen molar-refractivity contribution in [2.24, 2.45) is 0 Å². The van der Waals surface area contributed by atoms with Crippen LogP contribution in [0.4, 0.5) is 5.69 Å². The van der Waals surface area contributed by atoms with Gasteiger partial charge in [0.2, 0.25) is 0 Å². The molecule has 3 N–H and O–H groups in total. The summed E-state index contributed by atoms with van der Waals surface area (Å²) in [5, 5.41) is 11.1. The number of carbonyl (C=O) groups excluding carboxylic acids is 2. The first-order valence-electron chi connectivity index (χ1n) is 5.47. The molecule has 6 nitrogen and oxygen atoms in total. The van der Waals surface area contributed by atoms with Crippen molar-refractivity contribution in [2.45, 2.75) is 0 Å². The van der Waals surface area contributed by atoms with Crippen LogP contribution >= 0.6 is 0 Å². The third-order valence-electron chi connectivity index (χ3n) is 2.39. The second-order valence-electron chi connectivity index (χ2n) is 3.69. The number of pyridine rings is 1. The maximum atomic E-state index is 11.9. The summed E-state index contributed by atoms with van der Waals surface area (Å²) in [4.78, 5) is 26.8. The monoisotopic (exact) mass is 257 g/mol. The lowest BCUT2D eigenvalue weighted by Gasteiger charge is -2.06. The molecule has 0 atom stereocenters. The third-order valence-corrected chi connectivity index (χ3v) is 2.39. The SMILES string of the molecule is O=C(Nc1ccnc(C(=O)NO)c1)c1ccccc1. The molecule has 0 saturated carbocycles. The Labute approximate surface area is 109 Å². The molecule has 0 radical (unpaired) electrons. The minimum atomic E-state index is -0.740. The molecule has 2 amide bonds. The molecule has 0 spiro atoms. The van der Waals surface area contributed by atoms with Gasteiger partial charge in [0.15, 0.2) is 0 Å². The summed E-state index contributed by atoms with van der Waals surface area (Å²) in [6.07, 6.45) is 1.37. The number of aromatic nitrogens is 1. The van der Waals surface area contributed by atoms with Gasteiger partial charge in [-0.3, -0.25) is 19.8 Å². The molecule has 0 aliphatic rings. The first-order chi connectivity index (χ1) is 9.20. The molecule has 96 valence electrons. The summed E-state index contributed by atoms with van der Waals surface area (Å²) in [6.45, 7) is 0. The first kappa shape index (κ1) is 12.7. The van der Waals surface area contributed by atoms with E-state index in [0.717, 1.165) is 0 Å². The van der Waals surface area contributed by atoms with E-state index in [2.05, 4.69) is 10.3 Å². The van der Waals surface area contributed by atoms with Gasteiger partial charge in [-0.2, -0.15) is 0 Å². The van der Waals surface area contributed by atoms with E-state index in [1.165, 1.54) is 17.7 Å². The van der Waals surface area contributed by atoms with Crippen molar-refractivity contribution in [3.05, 3.63) is 59.9 Å². The summed E-state index contributed by atoms with van der Waals surface area (Å²) in [7, 11) is 0. The van der Waals surface area contributed by atoms with Gasteiger partial charge in [-0.25, -0.2) is 5.48 Å². The van der Waals surface area contributed by atoms with E-state index in [-0.39, 0.29) is 11.6 Å². The largest absolute Gasteiger partial charge is 0.322 e. The minimum absolute atomic E-state index is 0.00774. The van der Waals surface area contributed by atoms with Crippen molar-refractivity contribution in [3.8, 4) is 0 Å². The van der Waals surface area contributed by atoms with Gasteiger partial charge in [-0.05, 0) is 24.3 Å². The van der Waals surface area contributed by atoms with Gasteiger partial charge in [0.05, 0.1) is 0 Å². The number of rotatable bonds is 3. The zero-order chi connectivity index (χ0) is 13.7. The molecule has 0 unspecified atom stereocenters. The molecule has 1 aromatic carbocycles. The Morgan fingerprint density at radius 1 is 1.05 bits per heavy atom. The summed E-state index contributed by atoms with van der Waals surface area (Å²) < 4.78 is 0. The Bertz CT molecular complexity index is 599. The lowest BCUT2D eigenvalue weighted by molar-refractivity contribution is 0.0700. The van der Waals surface area contributed by atoms with E-state index in [0.29, 0.717) is 11.3 Å². The van der Waals surface area contributed by atoms with E-state index >= 15 is 0 Å². The maximum Gasteiger partial charge on any atom is 0.293 e. The fourth-order valence-corrected chi connectivity index (χ4v) is 1.48. The van der Waals surface area contributed by atoms with E-state index in [9.17, 15) is 9.59 Å². The van der Waals surface area contributed by atoms with Crippen molar-refractivity contribution >= 4 is 17.5 Å². The molecule has 0 fully saturated rings. The predicted molar refractivity (Wildman–Crippen MR) is 67.9 cm³/mol. The Balaban J connectivity index is 2.16. The van der Waals surface area contributed by atoms with E-state index < -0.39 is 5.91 Å². The zero-order valence-corrected chi connectivity index (χ0v) is 9.83. The molecular weight excluding hydrogens is 246 g/mol. The van der Waals surface area contributed by atoms with E-state index in [1.807, 2.05) is 6.07 Å². The second-order valence-corrected chi connectivity index (χ2v) is 3.69. The van der Waals surface area contributed by atoms with Crippen LogP contribution in [-0.4, -0.2) is 22.0 Å². The van der Waals surface area contributed by atoms with Crippen LogP contribution in [-0.2, 0) is 0 Å². The predicted octanol–water partition coefficient (Wildman–Crippen LogP) is 1.45. The first-order valence-corrected chi connectivity index (χ1v) is 5.47. The molecule has 1 aromatic heterocycles. The molecule has 6 heteroatoms. The number of nitrogens with zero attached hydrogens (tertiary/aromatic N) is 1. The van der Waals surface area contributed by atoms with Crippen LogP contribution in [0.5, 0.6) is 0 Å². The number of benzene rings is 1. The van der Waals surface area contributed by atoms with E-state index in [1.54, 1.807) is 30.3 Å². The lowest BCUT2D eigenvalue weighted by atomic mass is 10.2. The normalized spacial score (nSPS) is 9.74. The highest BCUT2D eigenvalue weighted by atomic mass is 16.5.